The average Bonchev–Trinajstić information content (AvgIpc) is 3.07. The van der Waals surface area contributed by atoms with Crippen LogP contribution in [0.4, 0.5) is 5.69 Å². The summed E-state index contributed by atoms with van der Waals surface area (Å²) in [6, 6.07) is 20.7. The molecule has 1 fully saturated rings. The Bertz CT molecular complexity index is 1230. The number of amides is 1. The minimum absolute atomic E-state index is 0.149. The van der Waals surface area contributed by atoms with Crippen LogP contribution in [0.3, 0.4) is 0 Å². The number of hydrogen-bond acceptors (Lipinski definition) is 5. The van der Waals surface area contributed by atoms with Gasteiger partial charge in [0.25, 0.3) is 5.91 Å². The molecule has 4 rings (SSSR count). The van der Waals surface area contributed by atoms with E-state index < -0.39 is 0 Å². The van der Waals surface area contributed by atoms with Gasteiger partial charge in [0.1, 0.15) is 6.61 Å². The number of para-hydroxylation sites is 1. The molecule has 0 aliphatic carbocycles. The average molecular weight is 561 g/mol. The highest BCUT2D eigenvalue weighted by atomic mass is 79.9. The highest BCUT2D eigenvalue weighted by molar-refractivity contribution is 9.10. The van der Waals surface area contributed by atoms with Gasteiger partial charge in [-0.1, -0.05) is 72.0 Å². The van der Waals surface area contributed by atoms with E-state index in [4.69, 9.17) is 33.3 Å². The second-order valence-corrected chi connectivity index (χ2v) is 9.93. The lowest BCUT2D eigenvalue weighted by Gasteiger charge is -2.15. The van der Waals surface area contributed by atoms with Crippen molar-refractivity contribution in [3.63, 3.8) is 0 Å². The topological polar surface area (TPSA) is 38.8 Å². The number of hydrogen-bond donors (Lipinski definition) is 0. The highest BCUT2D eigenvalue weighted by Crippen LogP contribution is 2.40. The molecule has 0 spiro atoms. The molecule has 1 amide bonds. The Morgan fingerprint density at radius 2 is 1.82 bits per heavy atom. The third kappa shape index (κ3) is 5.44. The number of benzene rings is 3. The van der Waals surface area contributed by atoms with Crippen LogP contribution < -0.4 is 14.4 Å². The molecular weight excluding hydrogens is 542 g/mol. The summed E-state index contributed by atoms with van der Waals surface area (Å²) in [6.45, 7) is 2.67. The predicted molar refractivity (Wildman–Crippen MR) is 143 cm³/mol. The number of thioether (sulfide) groups is 1. The van der Waals surface area contributed by atoms with Crippen LogP contribution in [0.5, 0.6) is 11.5 Å². The van der Waals surface area contributed by atoms with E-state index in [0.29, 0.717) is 43.4 Å². The Hall–Kier alpha value is -2.32. The molecule has 0 radical (unpaired) electrons. The van der Waals surface area contributed by atoms with Crippen molar-refractivity contribution in [1.82, 2.24) is 0 Å². The van der Waals surface area contributed by atoms with Crippen LogP contribution in [0, 0.1) is 0 Å². The van der Waals surface area contributed by atoms with Gasteiger partial charge >= 0.3 is 0 Å². The molecule has 1 saturated heterocycles. The van der Waals surface area contributed by atoms with Crippen molar-refractivity contribution < 1.29 is 14.3 Å². The normalized spacial score (nSPS) is 14.8. The monoisotopic (exact) mass is 559 g/mol. The first kappa shape index (κ1) is 23.8. The van der Waals surface area contributed by atoms with E-state index in [-0.39, 0.29) is 5.91 Å². The largest absolute Gasteiger partial charge is 0.490 e. The minimum Gasteiger partial charge on any atom is -0.490 e. The maximum Gasteiger partial charge on any atom is 0.270 e. The van der Waals surface area contributed by atoms with Gasteiger partial charge in [-0.05, 0) is 64.8 Å². The van der Waals surface area contributed by atoms with Gasteiger partial charge < -0.3 is 9.47 Å². The summed E-state index contributed by atoms with van der Waals surface area (Å²) in [4.78, 5) is 15.1. The standard InChI is InChI=1S/C25H19BrClNO3S2/c1-2-30-21-13-16(12-19(26)23(21)31-15-17-8-6-7-11-20(17)27)14-22-24(29)28(25(32)33-22)18-9-4-3-5-10-18/h3-14H,2,15H2,1H3/b22-14+. The van der Waals surface area contributed by atoms with Crippen molar-refractivity contribution >= 4 is 73.5 Å². The van der Waals surface area contributed by atoms with Gasteiger partial charge in [-0.25, -0.2) is 0 Å². The zero-order valence-electron chi connectivity index (χ0n) is 17.6. The summed E-state index contributed by atoms with van der Waals surface area (Å²) in [7, 11) is 0. The lowest BCUT2D eigenvalue weighted by molar-refractivity contribution is -0.113. The van der Waals surface area contributed by atoms with E-state index in [9.17, 15) is 4.79 Å². The lowest BCUT2D eigenvalue weighted by atomic mass is 10.1. The maximum absolute atomic E-state index is 13.0. The third-order valence-electron chi connectivity index (χ3n) is 4.77. The van der Waals surface area contributed by atoms with Gasteiger partial charge in [0.15, 0.2) is 15.8 Å². The molecule has 33 heavy (non-hydrogen) atoms. The Balaban J connectivity index is 1.61. The molecule has 0 atom stereocenters. The molecule has 8 heteroatoms. The van der Waals surface area contributed by atoms with E-state index in [2.05, 4.69) is 15.9 Å². The Morgan fingerprint density at radius 3 is 2.55 bits per heavy atom. The fraction of sp³-hybridized carbons (Fsp3) is 0.120. The summed E-state index contributed by atoms with van der Waals surface area (Å²) in [5.74, 6) is 0.999. The van der Waals surface area contributed by atoms with E-state index >= 15 is 0 Å². The quantitative estimate of drug-likeness (QED) is 0.221. The predicted octanol–water partition coefficient (Wildman–Crippen LogP) is 7.49. The molecule has 1 aliphatic rings. The van der Waals surface area contributed by atoms with Crippen LogP contribution in [0.2, 0.25) is 5.02 Å². The van der Waals surface area contributed by atoms with Crippen LogP contribution in [-0.2, 0) is 11.4 Å². The molecule has 0 saturated carbocycles. The summed E-state index contributed by atoms with van der Waals surface area (Å²) in [5.41, 5.74) is 2.43. The van der Waals surface area contributed by atoms with Crippen molar-refractivity contribution in [3.05, 3.63) is 92.3 Å². The van der Waals surface area contributed by atoms with Crippen molar-refractivity contribution in [2.75, 3.05) is 11.5 Å². The number of thiocarbonyl (C=S) groups is 1. The zero-order valence-corrected chi connectivity index (χ0v) is 21.6. The van der Waals surface area contributed by atoms with Crippen LogP contribution in [0.15, 0.2) is 76.1 Å². The van der Waals surface area contributed by atoms with E-state index in [0.717, 1.165) is 16.8 Å². The van der Waals surface area contributed by atoms with Gasteiger partial charge in [0, 0.05) is 10.6 Å². The number of halogens is 2. The van der Waals surface area contributed by atoms with Crippen molar-refractivity contribution in [2.24, 2.45) is 0 Å². The second-order valence-electron chi connectivity index (χ2n) is 7.00. The molecule has 4 nitrogen and oxygen atoms in total. The van der Waals surface area contributed by atoms with Crippen molar-refractivity contribution in [1.29, 1.82) is 0 Å². The smallest absolute Gasteiger partial charge is 0.270 e. The van der Waals surface area contributed by atoms with Crippen LogP contribution in [-0.4, -0.2) is 16.8 Å². The fourth-order valence-electron chi connectivity index (χ4n) is 3.26. The van der Waals surface area contributed by atoms with E-state index in [1.54, 1.807) is 4.90 Å². The maximum atomic E-state index is 13.0. The number of ether oxygens (including phenoxy) is 2. The third-order valence-corrected chi connectivity index (χ3v) is 7.03. The van der Waals surface area contributed by atoms with Crippen LogP contribution in [0.1, 0.15) is 18.1 Å². The first-order chi connectivity index (χ1) is 16.0. The Morgan fingerprint density at radius 1 is 1.09 bits per heavy atom. The van der Waals surface area contributed by atoms with Crippen LogP contribution in [0.25, 0.3) is 6.08 Å². The van der Waals surface area contributed by atoms with Crippen molar-refractivity contribution in [3.8, 4) is 11.5 Å². The summed E-state index contributed by atoms with van der Waals surface area (Å²) < 4.78 is 13.1. The van der Waals surface area contributed by atoms with Gasteiger partial charge in [0.2, 0.25) is 0 Å². The number of rotatable bonds is 7. The van der Waals surface area contributed by atoms with Gasteiger partial charge in [-0.3, -0.25) is 9.69 Å². The number of carbonyl (C=O) groups excluding carboxylic acids is 1. The van der Waals surface area contributed by atoms with E-state index in [1.165, 1.54) is 11.8 Å². The molecule has 168 valence electrons. The number of carbonyl (C=O) groups is 1. The lowest BCUT2D eigenvalue weighted by Crippen LogP contribution is -2.27. The molecule has 0 bridgehead atoms. The molecule has 0 unspecified atom stereocenters. The number of nitrogens with zero attached hydrogens (tertiary/aromatic N) is 1. The zero-order chi connectivity index (χ0) is 23.4. The van der Waals surface area contributed by atoms with Crippen LogP contribution >= 0.6 is 51.5 Å². The molecule has 1 heterocycles. The Kier molecular flexibility index (Phi) is 7.75. The first-order valence-corrected chi connectivity index (χ1v) is 12.5. The Labute approximate surface area is 215 Å². The summed E-state index contributed by atoms with van der Waals surface area (Å²) in [6.07, 6.45) is 1.81. The summed E-state index contributed by atoms with van der Waals surface area (Å²) in [5, 5.41) is 0.642. The molecule has 0 aromatic heterocycles. The molecule has 3 aromatic rings. The number of anilines is 1. The van der Waals surface area contributed by atoms with Gasteiger partial charge in [-0.15, -0.1) is 0 Å². The highest BCUT2D eigenvalue weighted by Gasteiger charge is 2.33. The van der Waals surface area contributed by atoms with Gasteiger partial charge in [0.05, 0.1) is 21.7 Å². The first-order valence-electron chi connectivity index (χ1n) is 10.1. The van der Waals surface area contributed by atoms with Crippen molar-refractivity contribution in [2.45, 2.75) is 13.5 Å². The SMILES string of the molecule is CCOc1cc(/C=C2/SC(=S)N(c3ccccc3)C2=O)cc(Br)c1OCc1ccccc1Cl. The van der Waals surface area contributed by atoms with Gasteiger partial charge in [-0.2, -0.15) is 0 Å². The van der Waals surface area contributed by atoms with E-state index in [1.807, 2.05) is 79.7 Å². The molecular formula is C25H19BrClNO3S2. The second kappa shape index (κ2) is 10.7. The molecule has 3 aromatic carbocycles. The summed E-state index contributed by atoms with van der Waals surface area (Å²) >= 11 is 16.6. The molecule has 0 N–H and O–H groups in total. The molecule has 1 aliphatic heterocycles. The minimum atomic E-state index is -0.149. The fourth-order valence-corrected chi connectivity index (χ4v) is 5.32.